The van der Waals surface area contributed by atoms with Crippen LogP contribution in [-0.4, -0.2) is 24.5 Å². The summed E-state index contributed by atoms with van der Waals surface area (Å²) in [5.74, 6) is 0. The van der Waals surface area contributed by atoms with Crippen molar-refractivity contribution >= 4 is 15.9 Å². The van der Waals surface area contributed by atoms with E-state index in [2.05, 4.69) is 59.1 Å². The van der Waals surface area contributed by atoms with Crippen molar-refractivity contribution in [3.05, 3.63) is 34.3 Å². The Balaban J connectivity index is 2.45. The highest BCUT2D eigenvalue weighted by atomic mass is 79.9. The minimum atomic E-state index is 0.500. The van der Waals surface area contributed by atoms with Crippen LogP contribution in [0.5, 0.6) is 0 Å². The van der Waals surface area contributed by atoms with Gasteiger partial charge < -0.3 is 5.73 Å². The molecule has 102 valence electrons. The minimum Gasteiger partial charge on any atom is -0.329 e. The lowest BCUT2D eigenvalue weighted by atomic mass is 10.1. The molecule has 0 aliphatic rings. The topological polar surface area (TPSA) is 29.3 Å². The van der Waals surface area contributed by atoms with Gasteiger partial charge in [0.25, 0.3) is 0 Å². The second-order valence-electron chi connectivity index (χ2n) is 4.93. The maximum Gasteiger partial charge on any atom is 0.0234 e. The van der Waals surface area contributed by atoms with Crippen LogP contribution in [-0.2, 0) is 6.54 Å². The van der Waals surface area contributed by atoms with Gasteiger partial charge in [-0.1, -0.05) is 54.2 Å². The Kier molecular flexibility index (Phi) is 7.56. The van der Waals surface area contributed by atoms with Crippen molar-refractivity contribution in [3.63, 3.8) is 0 Å². The molecule has 0 bridgehead atoms. The Morgan fingerprint density at radius 3 is 2.44 bits per heavy atom. The third-order valence-electron chi connectivity index (χ3n) is 3.38. The largest absolute Gasteiger partial charge is 0.329 e. The second-order valence-corrected chi connectivity index (χ2v) is 5.84. The summed E-state index contributed by atoms with van der Waals surface area (Å²) in [5.41, 5.74) is 7.23. The van der Waals surface area contributed by atoms with Crippen molar-refractivity contribution < 1.29 is 0 Å². The normalized spacial score (nSPS) is 12.9. The van der Waals surface area contributed by atoms with Crippen LogP contribution in [0.4, 0.5) is 0 Å². The number of halogens is 1. The summed E-state index contributed by atoms with van der Waals surface area (Å²) in [5, 5.41) is 0. The van der Waals surface area contributed by atoms with Gasteiger partial charge in [0, 0.05) is 23.6 Å². The maximum absolute atomic E-state index is 5.88. The first-order valence-electron chi connectivity index (χ1n) is 6.82. The molecule has 0 fully saturated rings. The molecule has 0 saturated carbocycles. The van der Waals surface area contributed by atoms with E-state index >= 15 is 0 Å². The van der Waals surface area contributed by atoms with Crippen molar-refractivity contribution in [2.45, 2.75) is 45.2 Å². The van der Waals surface area contributed by atoms with Gasteiger partial charge in [-0.05, 0) is 31.2 Å². The number of hydrogen-bond acceptors (Lipinski definition) is 2. The standard InChI is InChI=1S/C15H25BrN2/c1-3-4-5-6-15(11-17)18(2)12-13-7-9-14(16)10-8-13/h7-10,15H,3-6,11-12,17H2,1-2H3. The third-order valence-corrected chi connectivity index (χ3v) is 3.91. The summed E-state index contributed by atoms with van der Waals surface area (Å²) in [7, 11) is 2.17. The summed E-state index contributed by atoms with van der Waals surface area (Å²) >= 11 is 3.46. The van der Waals surface area contributed by atoms with Crippen LogP contribution in [0, 0.1) is 0 Å². The van der Waals surface area contributed by atoms with Crippen molar-refractivity contribution in [2.75, 3.05) is 13.6 Å². The molecule has 1 rings (SSSR count). The van der Waals surface area contributed by atoms with E-state index in [1.54, 1.807) is 0 Å². The first-order chi connectivity index (χ1) is 8.67. The van der Waals surface area contributed by atoms with Crippen LogP contribution < -0.4 is 5.73 Å². The maximum atomic E-state index is 5.88. The number of nitrogens with two attached hydrogens (primary N) is 1. The van der Waals surface area contributed by atoms with E-state index in [4.69, 9.17) is 5.73 Å². The average molecular weight is 313 g/mol. The fourth-order valence-corrected chi connectivity index (χ4v) is 2.42. The molecule has 1 aromatic carbocycles. The fourth-order valence-electron chi connectivity index (χ4n) is 2.16. The van der Waals surface area contributed by atoms with Crippen LogP contribution in [0.2, 0.25) is 0 Å². The SMILES string of the molecule is CCCCCC(CN)N(C)Cc1ccc(Br)cc1. The predicted molar refractivity (Wildman–Crippen MR) is 82.6 cm³/mol. The van der Waals surface area contributed by atoms with E-state index in [1.807, 2.05) is 0 Å². The summed E-state index contributed by atoms with van der Waals surface area (Å²) in [6.45, 7) is 3.96. The Labute approximate surface area is 120 Å². The molecule has 1 aromatic rings. The molecule has 2 N–H and O–H groups in total. The Hall–Kier alpha value is -0.380. The lowest BCUT2D eigenvalue weighted by Gasteiger charge is -2.27. The highest BCUT2D eigenvalue weighted by Crippen LogP contribution is 2.14. The number of benzene rings is 1. The number of hydrogen-bond donors (Lipinski definition) is 1. The van der Waals surface area contributed by atoms with Gasteiger partial charge in [-0.15, -0.1) is 0 Å². The average Bonchev–Trinajstić information content (AvgIpc) is 2.37. The van der Waals surface area contributed by atoms with Gasteiger partial charge in [-0.25, -0.2) is 0 Å². The summed E-state index contributed by atoms with van der Waals surface area (Å²) in [4.78, 5) is 2.37. The molecule has 0 aromatic heterocycles. The molecule has 2 nitrogen and oxygen atoms in total. The van der Waals surface area contributed by atoms with E-state index in [0.717, 1.165) is 17.6 Å². The summed E-state index contributed by atoms with van der Waals surface area (Å²) < 4.78 is 1.13. The smallest absolute Gasteiger partial charge is 0.0234 e. The van der Waals surface area contributed by atoms with Gasteiger partial charge >= 0.3 is 0 Å². The van der Waals surface area contributed by atoms with Gasteiger partial charge in [0.2, 0.25) is 0 Å². The summed E-state index contributed by atoms with van der Waals surface area (Å²) in [6.07, 6.45) is 5.07. The second kappa shape index (κ2) is 8.68. The number of likely N-dealkylation sites (N-methyl/N-ethyl adjacent to an activating group) is 1. The van der Waals surface area contributed by atoms with Crippen LogP contribution in [0.3, 0.4) is 0 Å². The van der Waals surface area contributed by atoms with Crippen molar-refractivity contribution in [3.8, 4) is 0 Å². The van der Waals surface area contributed by atoms with Crippen LogP contribution in [0.1, 0.15) is 38.2 Å². The Morgan fingerprint density at radius 1 is 1.22 bits per heavy atom. The Morgan fingerprint density at radius 2 is 1.89 bits per heavy atom. The number of nitrogens with zero attached hydrogens (tertiary/aromatic N) is 1. The molecule has 0 aliphatic heterocycles. The molecule has 1 unspecified atom stereocenters. The van der Waals surface area contributed by atoms with E-state index < -0.39 is 0 Å². The predicted octanol–water partition coefficient (Wildman–Crippen LogP) is 3.79. The van der Waals surface area contributed by atoms with Gasteiger partial charge in [-0.3, -0.25) is 4.90 Å². The van der Waals surface area contributed by atoms with Crippen LogP contribution in [0.25, 0.3) is 0 Å². The number of unbranched alkanes of at least 4 members (excludes halogenated alkanes) is 2. The molecule has 0 saturated heterocycles. The highest BCUT2D eigenvalue weighted by molar-refractivity contribution is 9.10. The highest BCUT2D eigenvalue weighted by Gasteiger charge is 2.12. The van der Waals surface area contributed by atoms with Crippen molar-refractivity contribution in [2.24, 2.45) is 5.73 Å². The summed E-state index contributed by atoms with van der Waals surface area (Å²) in [6, 6.07) is 9.02. The van der Waals surface area contributed by atoms with Gasteiger partial charge in [0.05, 0.1) is 0 Å². The Bertz CT molecular complexity index is 324. The van der Waals surface area contributed by atoms with E-state index in [1.165, 1.54) is 31.2 Å². The molecule has 0 aliphatic carbocycles. The minimum absolute atomic E-state index is 0.500. The molecule has 0 spiro atoms. The number of rotatable bonds is 8. The molecule has 0 heterocycles. The van der Waals surface area contributed by atoms with Crippen molar-refractivity contribution in [1.82, 2.24) is 4.90 Å². The molecule has 3 heteroatoms. The fraction of sp³-hybridized carbons (Fsp3) is 0.600. The first kappa shape index (κ1) is 15.7. The molecular formula is C15H25BrN2. The van der Waals surface area contributed by atoms with E-state index in [-0.39, 0.29) is 0 Å². The van der Waals surface area contributed by atoms with Crippen molar-refractivity contribution in [1.29, 1.82) is 0 Å². The van der Waals surface area contributed by atoms with E-state index in [9.17, 15) is 0 Å². The van der Waals surface area contributed by atoms with E-state index in [0.29, 0.717) is 6.04 Å². The van der Waals surface area contributed by atoms with Crippen LogP contribution in [0.15, 0.2) is 28.7 Å². The first-order valence-corrected chi connectivity index (χ1v) is 7.61. The zero-order chi connectivity index (χ0) is 13.4. The zero-order valence-electron chi connectivity index (χ0n) is 11.5. The zero-order valence-corrected chi connectivity index (χ0v) is 13.1. The van der Waals surface area contributed by atoms with Crippen LogP contribution >= 0.6 is 15.9 Å². The molecule has 18 heavy (non-hydrogen) atoms. The quantitative estimate of drug-likeness (QED) is 0.740. The van der Waals surface area contributed by atoms with Gasteiger partial charge in [0.15, 0.2) is 0 Å². The molecule has 1 atom stereocenters. The third kappa shape index (κ3) is 5.51. The lowest BCUT2D eigenvalue weighted by Crippen LogP contribution is -2.37. The molecule has 0 radical (unpaired) electrons. The van der Waals surface area contributed by atoms with Gasteiger partial charge in [0.1, 0.15) is 0 Å². The lowest BCUT2D eigenvalue weighted by molar-refractivity contribution is 0.223. The van der Waals surface area contributed by atoms with Gasteiger partial charge in [-0.2, -0.15) is 0 Å². The molecular weight excluding hydrogens is 288 g/mol. The monoisotopic (exact) mass is 312 g/mol. The molecule has 0 amide bonds.